The van der Waals surface area contributed by atoms with Crippen LogP contribution in [0.15, 0.2) is 30.3 Å². The predicted octanol–water partition coefficient (Wildman–Crippen LogP) is 2.81. The number of hydrogen-bond donors (Lipinski definition) is 1. The molecule has 4 nitrogen and oxygen atoms in total. The minimum Gasteiger partial charge on any atom is -0.343 e. The molecule has 1 N–H and O–H groups in total. The Labute approximate surface area is 144 Å². The van der Waals surface area contributed by atoms with Crippen LogP contribution in [0.2, 0.25) is 0 Å². The molecular weight excluding hydrogens is 312 g/mol. The summed E-state index contributed by atoms with van der Waals surface area (Å²) in [4.78, 5) is 26.3. The van der Waals surface area contributed by atoms with E-state index in [4.69, 9.17) is 0 Å². The highest BCUT2D eigenvalue weighted by atomic mass is 35.5. The normalized spacial score (nSPS) is 25.5. The molecule has 2 saturated heterocycles. The Balaban J connectivity index is 0.00000192. The zero-order chi connectivity index (χ0) is 15.5. The van der Waals surface area contributed by atoms with Crippen LogP contribution in [0.3, 0.4) is 0 Å². The van der Waals surface area contributed by atoms with Crippen LogP contribution >= 0.6 is 12.4 Å². The second-order valence-corrected chi connectivity index (χ2v) is 6.56. The molecule has 2 atom stereocenters. The molecule has 23 heavy (non-hydrogen) atoms. The number of carbonyl (C=O) groups is 2. The fourth-order valence-corrected chi connectivity index (χ4v) is 3.71. The van der Waals surface area contributed by atoms with Gasteiger partial charge in [-0.1, -0.05) is 30.3 Å². The first-order valence-corrected chi connectivity index (χ1v) is 8.23. The number of nitrogens with zero attached hydrogens (tertiary/aromatic N) is 1. The molecule has 3 rings (SSSR count). The summed E-state index contributed by atoms with van der Waals surface area (Å²) in [6, 6.07) is 10.7. The van der Waals surface area contributed by atoms with Gasteiger partial charge in [0.2, 0.25) is 5.91 Å². The number of carbonyl (C=O) groups excluding carboxylic acids is 2. The molecule has 0 spiro atoms. The van der Waals surface area contributed by atoms with Gasteiger partial charge in [0.15, 0.2) is 5.78 Å². The maximum Gasteiger partial charge on any atom is 0.223 e. The summed E-state index contributed by atoms with van der Waals surface area (Å²) in [5, 5.41) is 3.59. The Bertz CT molecular complexity index is 537. The number of ketones is 1. The van der Waals surface area contributed by atoms with Gasteiger partial charge in [0.1, 0.15) is 0 Å². The zero-order valence-electron chi connectivity index (χ0n) is 13.5. The second kappa shape index (κ2) is 7.93. The van der Waals surface area contributed by atoms with Gasteiger partial charge in [-0.25, -0.2) is 0 Å². The van der Waals surface area contributed by atoms with E-state index in [0.29, 0.717) is 36.5 Å². The number of halogens is 1. The molecule has 1 aromatic carbocycles. The average Bonchev–Trinajstić information content (AvgIpc) is 2.90. The number of rotatable bonds is 5. The molecule has 126 valence electrons. The van der Waals surface area contributed by atoms with Gasteiger partial charge in [-0.2, -0.15) is 0 Å². The number of fused-ring (bicyclic) bond motifs is 2. The summed E-state index contributed by atoms with van der Waals surface area (Å²) < 4.78 is 0. The molecule has 2 aliphatic rings. The zero-order valence-corrected chi connectivity index (χ0v) is 14.3. The van der Waals surface area contributed by atoms with E-state index in [1.807, 2.05) is 30.1 Å². The SMILES string of the molecule is CN(C(=O)CCC(=O)c1ccccc1)C1CC2CCC(C1)N2.Cl. The van der Waals surface area contributed by atoms with Gasteiger partial charge in [0, 0.05) is 43.6 Å². The van der Waals surface area contributed by atoms with Gasteiger partial charge < -0.3 is 10.2 Å². The molecule has 1 amide bonds. The van der Waals surface area contributed by atoms with Crippen LogP contribution in [-0.2, 0) is 4.79 Å². The molecule has 1 aromatic rings. The maximum atomic E-state index is 12.4. The molecule has 2 bridgehead atoms. The lowest BCUT2D eigenvalue weighted by atomic mass is 9.98. The number of Topliss-reactive ketones (excluding diaryl/α,β-unsaturated/α-hetero) is 1. The van der Waals surface area contributed by atoms with Gasteiger partial charge in [0.25, 0.3) is 0 Å². The van der Waals surface area contributed by atoms with E-state index in [0.717, 1.165) is 12.8 Å². The van der Waals surface area contributed by atoms with Crippen molar-refractivity contribution in [1.82, 2.24) is 10.2 Å². The highest BCUT2D eigenvalue weighted by Crippen LogP contribution is 2.29. The first-order valence-electron chi connectivity index (χ1n) is 8.23. The fraction of sp³-hybridized carbons (Fsp3) is 0.556. The van der Waals surface area contributed by atoms with Gasteiger partial charge in [-0.15, -0.1) is 12.4 Å². The maximum absolute atomic E-state index is 12.4. The third-order valence-corrected chi connectivity index (χ3v) is 5.05. The van der Waals surface area contributed by atoms with Crippen LogP contribution in [0.1, 0.15) is 48.9 Å². The molecule has 0 saturated carbocycles. The van der Waals surface area contributed by atoms with E-state index in [9.17, 15) is 9.59 Å². The van der Waals surface area contributed by atoms with Crippen molar-refractivity contribution >= 4 is 24.1 Å². The molecular formula is C18H25ClN2O2. The van der Waals surface area contributed by atoms with E-state index in [1.165, 1.54) is 12.8 Å². The summed E-state index contributed by atoms with van der Waals surface area (Å²) in [5.74, 6) is 0.142. The molecule has 0 radical (unpaired) electrons. The number of amides is 1. The Morgan fingerprint density at radius 1 is 1.09 bits per heavy atom. The summed E-state index contributed by atoms with van der Waals surface area (Å²) in [6.45, 7) is 0. The molecule has 0 aliphatic carbocycles. The van der Waals surface area contributed by atoms with Crippen LogP contribution < -0.4 is 5.32 Å². The van der Waals surface area contributed by atoms with E-state index in [2.05, 4.69) is 5.32 Å². The molecule has 2 heterocycles. The standard InChI is InChI=1S/C18H24N2O2.ClH/c1-20(16-11-14-7-8-15(12-16)19-14)18(22)10-9-17(21)13-5-3-2-4-6-13;/h2-6,14-16,19H,7-12H2,1H3;1H. The highest BCUT2D eigenvalue weighted by molar-refractivity contribution is 5.97. The van der Waals surface area contributed by atoms with Crippen molar-refractivity contribution in [3.8, 4) is 0 Å². The van der Waals surface area contributed by atoms with Crippen LogP contribution in [0.4, 0.5) is 0 Å². The van der Waals surface area contributed by atoms with E-state index >= 15 is 0 Å². The lowest BCUT2D eigenvalue weighted by Gasteiger charge is -2.35. The number of benzene rings is 1. The second-order valence-electron chi connectivity index (χ2n) is 6.56. The first kappa shape index (κ1) is 18.0. The Kier molecular flexibility index (Phi) is 6.19. The summed E-state index contributed by atoms with van der Waals surface area (Å²) in [7, 11) is 1.89. The van der Waals surface area contributed by atoms with E-state index < -0.39 is 0 Å². The summed E-state index contributed by atoms with van der Waals surface area (Å²) in [6.07, 6.45) is 5.16. The van der Waals surface area contributed by atoms with Gasteiger partial charge in [-0.3, -0.25) is 9.59 Å². The van der Waals surface area contributed by atoms with Gasteiger partial charge in [-0.05, 0) is 25.7 Å². The van der Waals surface area contributed by atoms with Gasteiger partial charge in [0.05, 0.1) is 0 Å². The van der Waals surface area contributed by atoms with Crippen molar-refractivity contribution in [3.63, 3.8) is 0 Å². The molecule has 2 fully saturated rings. The Hall–Kier alpha value is -1.39. The largest absolute Gasteiger partial charge is 0.343 e. The lowest BCUT2D eigenvalue weighted by Crippen LogP contribution is -2.48. The van der Waals surface area contributed by atoms with E-state index in [1.54, 1.807) is 12.1 Å². The van der Waals surface area contributed by atoms with Crippen LogP contribution in [-0.4, -0.2) is 41.8 Å². The first-order chi connectivity index (χ1) is 10.6. The predicted molar refractivity (Wildman–Crippen MR) is 93.0 cm³/mol. The minimum atomic E-state index is 0. The van der Waals surface area contributed by atoms with Crippen molar-refractivity contribution in [2.75, 3.05) is 7.05 Å². The van der Waals surface area contributed by atoms with Crippen molar-refractivity contribution in [1.29, 1.82) is 0 Å². The monoisotopic (exact) mass is 336 g/mol. The van der Waals surface area contributed by atoms with Crippen LogP contribution in [0, 0.1) is 0 Å². The highest BCUT2D eigenvalue weighted by Gasteiger charge is 2.36. The molecule has 2 unspecified atom stereocenters. The third-order valence-electron chi connectivity index (χ3n) is 5.05. The smallest absolute Gasteiger partial charge is 0.223 e. The molecule has 5 heteroatoms. The lowest BCUT2D eigenvalue weighted by molar-refractivity contribution is -0.132. The van der Waals surface area contributed by atoms with Crippen LogP contribution in [0.5, 0.6) is 0 Å². The minimum absolute atomic E-state index is 0. The van der Waals surface area contributed by atoms with Crippen LogP contribution in [0.25, 0.3) is 0 Å². The summed E-state index contributed by atoms with van der Waals surface area (Å²) in [5.41, 5.74) is 0.692. The van der Waals surface area contributed by atoms with Crippen molar-refractivity contribution < 1.29 is 9.59 Å². The van der Waals surface area contributed by atoms with Gasteiger partial charge >= 0.3 is 0 Å². The third kappa shape index (κ3) is 4.33. The van der Waals surface area contributed by atoms with Crippen molar-refractivity contribution in [2.45, 2.75) is 56.7 Å². The number of nitrogens with one attached hydrogen (secondary N) is 1. The molecule has 2 aliphatic heterocycles. The Morgan fingerprint density at radius 3 is 2.30 bits per heavy atom. The van der Waals surface area contributed by atoms with Crippen molar-refractivity contribution in [3.05, 3.63) is 35.9 Å². The summed E-state index contributed by atoms with van der Waals surface area (Å²) >= 11 is 0. The number of hydrogen-bond acceptors (Lipinski definition) is 3. The molecule has 0 aromatic heterocycles. The van der Waals surface area contributed by atoms with Crippen molar-refractivity contribution in [2.24, 2.45) is 0 Å². The Morgan fingerprint density at radius 2 is 1.70 bits per heavy atom. The fourth-order valence-electron chi connectivity index (χ4n) is 3.71. The quantitative estimate of drug-likeness (QED) is 0.841. The topological polar surface area (TPSA) is 49.4 Å². The van der Waals surface area contributed by atoms with E-state index in [-0.39, 0.29) is 24.1 Å². The average molecular weight is 337 g/mol. The number of piperidine rings is 1.